The first-order valence-electron chi connectivity index (χ1n) is 7.01. The summed E-state index contributed by atoms with van der Waals surface area (Å²) in [5.41, 5.74) is -0.889. The third-order valence-corrected chi connectivity index (χ3v) is 2.61. The van der Waals surface area contributed by atoms with Crippen LogP contribution in [0.15, 0.2) is 0 Å². The van der Waals surface area contributed by atoms with Crippen molar-refractivity contribution in [1.82, 2.24) is 19.9 Å². The number of aromatic nitrogens is 3. The highest BCUT2D eigenvalue weighted by molar-refractivity contribution is 5.36. The van der Waals surface area contributed by atoms with E-state index in [0.717, 1.165) is 13.0 Å². The lowest BCUT2D eigenvalue weighted by molar-refractivity contribution is 0.0458. The molecular formula is C13H26N6O2. The Morgan fingerprint density at radius 3 is 2.33 bits per heavy atom. The Labute approximate surface area is 126 Å². The average Bonchev–Trinajstić information content (AvgIpc) is 2.41. The van der Waals surface area contributed by atoms with E-state index in [9.17, 15) is 5.11 Å². The molecule has 1 atom stereocenters. The predicted octanol–water partition coefficient (Wildman–Crippen LogP) is 0.427. The molecule has 1 rings (SSSR count). The minimum Gasteiger partial charge on any atom is -0.467 e. The maximum Gasteiger partial charge on any atom is 0.322 e. The van der Waals surface area contributed by atoms with E-state index in [1.54, 1.807) is 6.92 Å². The third kappa shape index (κ3) is 6.54. The van der Waals surface area contributed by atoms with Crippen LogP contribution in [0.4, 0.5) is 11.9 Å². The van der Waals surface area contributed by atoms with Crippen LogP contribution in [0.2, 0.25) is 0 Å². The molecule has 0 aliphatic carbocycles. The normalized spacial score (nSPS) is 13.9. The Morgan fingerprint density at radius 1 is 1.19 bits per heavy atom. The van der Waals surface area contributed by atoms with Crippen molar-refractivity contribution in [2.24, 2.45) is 0 Å². The molecular weight excluding hydrogens is 272 g/mol. The molecule has 8 heteroatoms. The molecule has 0 aliphatic heterocycles. The zero-order chi connectivity index (χ0) is 15.9. The Balaban J connectivity index is 2.73. The lowest BCUT2D eigenvalue weighted by Gasteiger charge is -2.27. The van der Waals surface area contributed by atoms with Crippen molar-refractivity contribution in [3.8, 4) is 6.01 Å². The summed E-state index contributed by atoms with van der Waals surface area (Å²) in [5, 5.41) is 16.4. The van der Waals surface area contributed by atoms with E-state index in [-0.39, 0.29) is 6.01 Å². The first-order chi connectivity index (χ1) is 9.86. The zero-order valence-corrected chi connectivity index (χ0v) is 13.5. The number of aliphatic hydroxyl groups is 1. The van der Waals surface area contributed by atoms with Crippen LogP contribution in [0.3, 0.4) is 0 Å². The lowest BCUT2D eigenvalue weighted by atomic mass is 10.1. The molecule has 0 spiro atoms. The second-order valence-corrected chi connectivity index (χ2v) is 5.48. The minimum atomic E-state index is -0.889. The summed E-state index contributed by atoms with van der Waals surface area (Å²) in [6.07, 6.45) is 0.967. The number of hydrogen-bond donors (Lipinski definition) is 3. The van der Waals surface area contributed by atoms with E-state index >= 15 is 0 Å². The van der Waals surface area contributed by atoms with Crippen LogP contribution in [0.25, 0.3) is 0 Å². The first kappa shape index (κ1) is 17.4. The molecule has 1 aromatic heterocycles. The van der Waals surface area contributed by atoms with Gasteiger partial charge in [-0.15, -0.1) is 0 Å². The van der Waals surface area contributed by atoms with Crippen LogP contribution in [-0.2, 0) is 0 Å². The fourth-order valence-electron chi connectivity index (χ4n) is 1.85. The van der Waals surface area contributed by atoms with Gasteiger partial charge < -0.3 is 25.4 Å². The van der Waals surface area contributed by atoms with Crippen molar-refractivity contribution >= 4 is 11.9 Å². The zero-order valence-electron chi connectivity index (χ0n) is 13.5. The van der Waals surface area contributed by atoms with Crippen molar-refractivity contribution in [3.63, 3.8) is 0 Å². The van der Waals surface area contributed by atoms with Crippen LogP contribution in [0.5, 0.6) is 6.01 Å². The molecule has 0 amide bonds. The van der Waals surface area contributed by atoms with Gasteiger partial charge in [-0.1, -0.05) is 6.92 Å². The van der Waals surface area contributed by atoms with Gasteiger partial charge in [0.25, 0.3) is 0 Å². The largest absolute Gasteiger partial charge is 0.467 e. The average molecular weight is 298 g/mol. The summed E-state index contributed by atoms with van der Waals surface area (Å²) in [6, 6.07) is 0.235. The molecule has 1 aromatic rings. The fraction of sp³-hybridized carbons (Fsp3) is 0.769. The van der Waals surface area contributed by atoms with Crippen LogP contribution < -0.4 is 15.4 Å². The highest BCUT2D eigenvalue weighted by Crippen LogP contribution is 2.12. The van der Waals surface area contributed by atoms with Crippen molar-refractivity contribution < 1.29 is 9.84 Å². The van der Waals surface area contributed by atoms with Crippen molar-refractivity contribution in [3.05, 3.63) is 0 Å². The van der Waals surface area contributed by atoms with Gasteiger partial charge in [-0.3, -0.25) is 0 Å². The molecule has 8 nitrogen and oxygen atoms in total. The number of methoxy groups -OCH3 is 1. The lowest BCUT2D eigenvalue weighted by Crippen LogP contribution is -2.43. The molecule has 0 saturated carbocycles. The third-order valence-electron chi connectivity index (χ3n) is 2.61. The molecule has 1 heterocycles. The molecule has 3 N–H and O–H groups in total. The minimum absolute atomic E-state index is 0.235. The maximum atomic E-state index is 10.3. The topological polar surface area (TPSA) is 95.4 Å². The van der Waals surface area contributed by atoms with E-state index in [1.807, 2.05) is 19.0 Å². The molecule has 0 bridgehead atoms. The number of nitrogens with zero attached hydrogens (tertiary/aromatic N) is 4. The summed E-state index contributed by atoms with van der Waals surface area (Å²) in [5.74, 6) is 0.831. The van der Waals surface area contributed by atoms with E-state index in [2.05, 4.69) is 32.5 Å². The van der Waals surface area contributed by atoms with E-state index in [4.69, 9.17) is 4.74 Å². The van der Waals surface area contributed by atoms with Gasteiger partial charge in [0.15, 0.2) is 0 Å². The first-order valence-corrected chi connectivity index (χ1v) is 7.01. The smallest absolute Gasteiger partial charge is 0.322 e. The number of nitrogens with one attached hydrogen (secondary N) is 2. The number of ether oxygens (including phenoxy) is 1. The van der Waals surface area contributed by atoms with Gasteiger partial charge in [0.2, 0.25) is 11.9 Å². The number of rotatable bonds is 9. The SMILES string of the molecule is CCCNc1nc(NCC(C)(O)CN(C)C)nc(OC)n1. The quantitative estimate of drug-likeness (QED) is 0.604. The summed E-state index contributed by atoms with van der Waals surface area (Å²) in [4.78, 5) is 14.4. The second kappa shape index (κ2) is 7.94. The molecule has 1 unspecified atom stereocenters. The van der Waals surface area contributed by atoms with Crippen molar-refractivity contribution in [2.45, 2.75) is 25.9 Å². The van der Waals surface area contributed by atoms with Crippen LogP contribution in [-0.4, -0.2) is 71.4 Å². The Kier molecular flexibility index (Phi) is 6.57. The predicted molar refractivity (Wildman–Crippen MR) is 82.8 cm³/mol. The standard InChI is InChI=1S/C13H26N6O2/c1-6-7-14-10-16-11(18-12(17-10)21-5)15-8-13(2,20)9-19(3)4/h20H,6-9H2,1-5H3,(H2,14,15,16,17,18). The van der Waals surface area contributed by atoms with Crippen molar-refractivity contribution in [2.75, 3.05) is 51.5 Å². The van der Waals surface area contributed by atoms with Crippen molar-refractivity contribution in [1.29, 1.82) is 0 Å². The van der Waals surface area contributed by atoms with Gasteiger partial charge in [0, 0.05) is 19.6 Å². The molecule has 0 aromatic carbocycles. The van der Waals surface area contributed by atoms with Gasteiger partial charge >= 0.3 is 6.01 Å². The molecule has 0 saturated heterocycles. The van der Waals surface area contributed by atoms with Gasteiger partial charge in [0.1, 0.15) is 0 Å². The van der Waals surface area contributed by atoms with E-state index < -0.39 is 5.60 Å². The highest BCUT2D eigenvalue weighted by Gasteiger charge is 2.21. The molecule has 120 valence electrons. The number of anilines is 2. The number of hydrogen-bond acceptors (Lipinski definition) is 8. The molecule has 21 heavy (non-hydrogen) atoms. The van der Waals surface area contributed by atoms with Gasteiger partial charge in [-0.25, -0.2) is 0 Å². The van der Waals surface area contributed by atoms with Crippen LogP contribution >= 0.6 is 0 Å². The summed E-state index contributed by atoms with van der Waals surface area (Å²) < 4.78 is 5.06. The van der Waals surface area contributed by atoms with Gasteiger partial charge in [-0.05, 0) is 27.4 Å². The molecule has 0 radical (unpaired) electrons. The Bertz CT molecular complexity index is 439. The highest BCUT2D eigenvalue weighted by atomic mass is 16.5. The van der Waals surface area contributed by atoms with Crippen LogP contribution in [0, 0.1) is 0 Å². The van der Waals surface area contributed by atoms with E-state index in [1.165, 1.54) is 7.11 Å². The summed E-state index contributed by atoms with van der Waals surface area (Å²) >= 11 is 0. The van der Waals surface area contributed by atoms with Crippen LogP contribution in [0.1, 0.15) is 20.3 Å². The Morgan fingerprint density at radius 2 is 1.81 bits per heavy atom. The van der Waals surface area contributed by atoms with E-state index in [0.29, 0.717) is 25.0 Å². The molecule has 0 fully saturated rings. The Hall–Kier alpha value is -1.67. The second-order valence-electron chi connectivity index (χ2n) is 5.48. The monoisotopic (exact) mass is 298 g/mol. The fourth-order valence-corrected chi connectivity index (χ4v) is 1.85. The maximum absolute atomic E-state index is 10.3. The molecule has 0 aliphatic rings. The van der Waals surface area contributed by atoms with Gasteiger partial charge in [0.05, 0.1) is 12.7 Å². The summed E-state index contributed by atoms with van der Waals surface area (Å²) in [6.45, 7) is 5.44. The van der Waals surface area contributed by atoms with Gasteiger partial charge in [-0.2, -0.15) is 15.0 Å². The summed E-state index contributed by atoms with van der Waals surface area (Å²) in [7, 11) is 5.32. The number of likely N-dealkylation sites (N-methyl/N-ethyl adjacent to an activating group) is 1.